The van der Waals surface area contributed by atoms with Gasteiger partial charge in [-0.05, 0) is 0 Å². The van der Waals surface area contributed by atoms with Crippen LogP contribution >= 0.6 is 7.92 Å². The third-order valence-electron chi connectivity index (χ3n) is 1.72. The first-order chi connectivity index (χ1) is 7.08. The number of nitrogens with zero attached hydrogens (tertiary/aromatic N) is 2. The predicted octanol–water partition coefficient (Wildman–Crippen LogP) is 0.831. The first-order valence-electron chi connectivity index (χ1n) is 3.87. The zero-order valence-corrected chi connectivity index (χ0v) is 8.93. The van der Waals surface area contributed by atoms with E-state index in [1.807, 2.05) is 0 Å². The van der Waals surface area contributed by atoms with E-state index in [0.29, 0.717) is 9.87 Å². The highest BCUT2D eigenvalue weighted by molar-refractivity contribution is 8.04. The summed E-state index contributed by atoms with van der Waals surface area (Å²) in [5.74, 6) is 0. The van der Waals surface area contributed by atoms with Crippen molar-refractivity contribution in [2.24, 2.45) is 0 Å². The lowest BCUT2D eigenvalue weighted by Crippen LogP contribution is -2.48. The predicted molar refractivity (Wildman–Crippen MR) is 51.5 cm³/mol. The summed E-state index contributed by atoms with van der Waals surface area (Å²) in [6.45, 7) is 1.45. The van der Waals surface area contributed by atoms with Gasteiger partial charge in [-0.3, -0.25) is 24.0 Å². The van der Waals surface area contributed by atoms with Crippen molar-refractivity contribution in [1.29, 1.82) is 0 Å². The van der Waals surface area contributed by atoms with E-state index in [1.165, 1.54) is 14.2 Å². The molecule has 0 spiro atoms. The Bertz CT molecular complexity index is 319. The molecule has 79 valence electrons. The smallest absolute Gasteiger partial charge is 0.294 e. The molecule has 1 aliphatic heterocycles. The third kappa shape index (κ3) is 1.78. The van der Waals surface area contributed by atoms with Crippen molar-refractivity contribution < 1.29 is 24.0 Å². The maximum atomic E-state index is 11.4. The second-order valence-electron chi connectivity index (χ2n) is 2.43. The molecule has 1 saturated heterocycles. The summed E-state index contributed by atoms with van der Waals surface area (Å²) < 4.78 is 0. The largest absolute Gasteiger partial charge is 0.332 e. The maximum Gasteiger partial charge on any atom is 0.294 e. The normalized spacial score (nSPS) is 16.0. The van der Waals surface area contributed by atoms with Crippen LogP contribution in [0.15, 0.2) is 0 Å². The number of hydroxylamine groups is 2. The monoisotopic (exact) mass is 229 g/mol. The van der Waals surface area contributed by atoms with Gasteiger partial charge < -0.3 is 4.81 Å². The van der Waals surface area contributed by atoms with E-state index in [0.717, 1.165) is 7.11 Å². The van der Waals surface area contributed by atoms with Gasteiger partial charge in [-0.1, -0.05) is 6.82 Å². The van der Waals surface area contributed by atoms with Gasteiger partial charge in [0.05, 0.1) is 7.11 Å². The van der Waals surface area contributed by atoms with Gasteiger partial charge >= 0.3 is 0 Å². The number of hydrogen-bond donors (Lipinski definition) is 0. The van der Waals surface area contributed by atoms with Crippen molar-refractivity contribution in [3.8, 4) is 0 Å². The fraction of sp³-hybridized carbons (Fsp3) is 0.333. The van der Waals surface area contributed by atoms with E-state index in [-0.39, 0.29) is 6.41 Å². The fourth-order valence-corrected chi connectivity index (χ4v) is 2.40. The van der Waals surface area contributed by atoms with E-state index >= 15 is 0 Å². The minimum Gasteiger partial charge on any atom is -0.332 e. The molecular formula is C6H7BN2O5P. The maximum absolute atomic E-state index is 11.4. The highest BCUT2D eigenvalue weighted by Crippen LogP contribution is 2.52. The molecule has 0 aromatic heterocycles. The Morgan fingerprint density at radius 2 is 2.07 bits per heavy atom. The van der Waals surface area contributed by atoms with Gasteiger partial charge in [0.2, 0.25) is 6.41 Å². The van der Waals surface area contributed by atoms with Crippen LogP contribution in [0.5, 0.6) is 0 Å². The van der Waals surface area contributed by atoms with E-state index in [9.17, 15) is 19.2 Å². The Balaban J connectivity index is 2.75. The molecule has 15 heavy (non-hydrogen) atoms. The molecule has 1 heterocycles. The summed E-state index contributed by atoms with van der Waals surface area (Å²) >= 11 is 0. The molecule has 1 rings (SSSR count). The third-order valence-corrected chi connectivity index (χ3v) is 3.46. The lowest BCUT2D eigenvalue weighted by atomic mass is 9.98. The molecule has 0 unspecified atom stereocenters. The number of carbonyl (C=O) groups excluding carboxylic acids is 4. The van der Waals surface area contributed by atoms with Crippen molar-refractivity contribution in [2.45, 2.75) is 6.82 Å². The molecule has 0 aromatic carbocycles. The highest BCUT2D eigenvalue weighted by Gasteiger charge is 2.54. The van der Waals surface area contributed by atoms with E-state index in [2.05, 4.69) is 4.84 Å². The molecule has 0 aromatic rings. The van der Waals surface area contributed by atoms with Crippen LogP contribution in [0.2, 0.25) is 6.82 Å². The Morgan fingerprint density at radius 3 is 2.40 bits per heavy atom. The van der Waals surface area contributed by atoms with Gasteiger partial charge in [0.25, 0.3) is 24.4 Å². The second kappa shape index (κ2) is 4.50. The Hall–Kier alpha value is -1.27. The summed E-state index contributed by atoms with van der Waals surface area (Å²) in [6, 6.07) is 0. The van der Waals surface area contributed by atoms with Gasteiger partial charge in [0, 0.05) is 0 Å². The summed E-state index contributed by atoms with van der Waals surface area (Å²) in [7, 11) is 0.207. The van der Waals surface area contributed by atoms with Crippen LogP contribution in [0.3, 0.4) is 0 Å². The molecule has 1 aliphatic rings. The average molecular weight is 229 g/mol. The van der Waals surface area contributed by atoms with Gasteiger partial charge in [0.15, 0.2) is 7.92 Å². The van der Waals surface area contributed by atoms with Crippen LogP contribution in [0.1, 0.15) is 0 Å². The van der Waals surface area contributed by atoms with Crippen molar-refractivity contribution >= 4 is 38.7 Å². The molecule has 1 fully saturated rings. The molecule has 1 radical (unpaired) electrons. The fourth-order valence-electron chi connectivity index (χ4n) is 0.952. The van der Waals surface area contributed by atoms with Crippen molar-refractivity contribution in [2.75, 3.05) is 7.11 Å². The summed E-state index contributed by atoms with van der Waals surface area (Å²) in [6.07, 6.45) is 0.251. The number of rotatable bonds is 4. The van der Waals surface area contributed by atoms with Crippen LogP contribution in [0, 0.1) is 0 Å². The number of amides is 4. The molecule has 0 N–H and O–H groups in total. The van der Waals surface area contributed by atoms with Gasteiger partial charge in [-0.15, -0.1) is 5.06 Å². The van der Waals surface area contributed by atoms with Crippen molar-refractivity contribution in [3.05, 3.63) is 0 Å². The Morgan fingerprint density at radius 1 is 1.53 bits per heavy atom. The lowest BCUT2D eigenvalue weighted by molar-refractivity contribution is -0.112. The highest BCUT2D eigenvalue weighted by atomic mass is 31.1. The minimum absolute atomic E-state index is 0.251. The van der Waals surface area contributed by atoms with E-state index < -0.39 is 24.9 Å². The summed E-state index contributed by atoms with van der Waals surface area (Å²) in [5.41, 5.74) is -2.20. The minimum atomic E-state index is -2.13. The van der Waals surface area contributed by atoms with Crippen molar-refractivity contribution in [3.63, 3.8) is 0 Å². The van der Waals surface area contributed by atoms with Crippen LogP contribution in [-0.2, 0) is 9.63 Å². The zero-order valence-electron chi connectivity index (χ0n) is 8.04. The van der Waals surface area contributed by atoms with E-state index in [1.54, 1.807) is 0 Å². The first-order valence-corrected chi connectivity index (χ1v) is 5.22. The molecule has 0 atom stereocenters. The molecule has 4 amide bonds. The van der Waals surface area contributed by atoms with Gasteiger partial charge in [-0.2, -0.15) is 0 Å². The average Bonchev–Trinajstić information content (AvgIpc) is 2.20. The summed E-state index contributed by atoms with van der Waals surface area (Å²) in [4.78, 5) is 49.4. The molecule has 0 bridgehead atoms. The number of carbonyl (C=O) groups is 4. The SMILES string of the molecule is C[B]N(C=O)C(=O)P1C(=O)N(OC)C1=O. The molecule has 0 saturated carbocycles. The molecule has 0 aliphatic carbocycles. The number of hydrogen-bond acceptors (Lipinski definition) is 5. The lowest BCUT2D eigenvalue weighted by Gasteiger charge is -2.33. The molecule has 9 heteroatoms. The van der Waals surface area contributed by atoms with Gasteiger partial charge in [-0.25, -0.2) is 0 Å². The first kappa shape index (κ1) is 11.8. The Labute approximate surface area is 87.3 Å². The zero-order chi connectivity index (χ0) is 11.6. The standard InChI is InChI=1S/C6H7BN2O5P/c1-7-8(3-10)4(11)15-5(12)9(14-2)6(15)13/h3H,1-2H3. The molecule has 7 nitrogen and oxygen atoms in total. The van der Waals surface area contributed by atoms with E-state index in [4.69, 9.17) is 0 Å². The summed E-state index contributed by atoms with van der Waals surface area (Å²) in [5, 5.41) is 0.502. The molecular weight excluding hydrogens is 222 g/mol. The second-order valence-corrected chi connectivity index (χ2v) is 4.25. The number of imide groups is 2. The quantitative estimate of drug-likeness (QED) is 0.405. The van der Waals surface area contributed by atoms with Crippen LogP contribution in [0.4, 0.5) is 14.4 Å². The van der Waals surface area contributed by atoms with Crippen LogP contribution in [-0.4, -0.2) is 47.8 Å². The van der Waals surface area contributed by atoms with Crippen LogP contribution < -0.4 is 0 Å². The topological polar surface area (TPSA) is 84.0 Å². The van der Waals surface area contributed by atoms with Crippen molar-refractivity contribution in [1.82, 2.24) is 9.87 Å². The van der Waals surface area contributed by atoms with Gasteiger partial charge in [0.1, 0.15) is 0 Å². The van der Waals surface area contributed by atoms with Crippen LogP contribution in [0.25, 0.3) is 0 Å². The Kier molecular flexibility index (Phi) is 3.54.